The molecule has 0 radical (unpaired) electrons. The number of ether oxygens (including phenoxy) is 1. The summed E-state index contributed by atoms with van der Waals surface area (Å²) in [5.41, 5.74) is 9.20. The van der Waals surface area contributed by atoms with E-state index in [1.165, 1.54) is 11.1 Å². The maximum absolute atomic E-state index is 6.14. The molecule has 5 heteroatoms. The second kappa shape index (κ2) is 5.66. The number of nitrogens with zero attached hydrogens (tertiary/aromatic N) is 1. The molecular weight excluding hydrogens is 286 g/mol. The third kappa shape index (κ3) is 2.81. The molecule has 0 saturated carbocycles. The van der Waals surface area contributed by atoms with Gasteiger partial charge in [0, 0.05) is 5.39 Å². The molecule has 0 fully saturated rings. The summed E-state index contributed by atoms with van der Waals surface area (Å²) in [4.78, 5) is 0. The van der Waals surface area contributed by atoms with Crippen molar-refractivity contribution in [1.29, 1.82) is 0 Å². The van der Waals surface area contributed by atoms with Crippen LogP contribution in [0.25, 0.3) is 10.9 Å². The molecule has 0 saturated heterocycles. The van der Waals surface area contributed by atoms with Crippen LogP contribution < -0.4 is 10.5 Å². The Kier molecular flexibility index (Phi) is 3.71. The molecule has 0 bridgehead atoms. The molecular formula is C16H16ClN3O. The molecule has 108 valence electrons. The summed E-state index contributed by atoms with van der Waals surface area (Å²) in [5, 5.41) is 8.53. The van der Waals surface area contributed by atoms with Crippen LogP contribution in [0.4, 0.5) is 5.82 Å². The number of nitrogens with one attached hydrogen (secondary N) is 1. The Morgan fingerprint density at radius 1 is 1.14 bits per heavy atom. The zero-order chi connectivity index (χ0) is 14.8. The van der Waals surface area contributed by atoms with Gasteiger partial charge in [0.1, 0.15) is 5.75 Å². The van der Waals surface area contributed by atoms with Crippen molar-refractivity contribution in [2.24, 2.45) is 0 Å². The highest BCUT2D eigenvalue weighted by atomic mass is 35.5. The average molecular weight is 302 g/mol. The van der Waals surface area contributed by atoms with E-state index in [1.54, 1.807) is 7.11 Å². The number of nitrogens with two attached hydrogens (primary N) is 1. The lowest BCUT2D eigenvalue weighted by Gasteiger charge is -2.06. The second-order valence-corrected chi connectivity index (χ2v) is 5.36. The van der Waals surface area contributed by atoms with Crippen molar-refractivity contribution < 1.29 is 4.74 Å². The van der Waals surface area contributed by atoms with Crippen molar-refractivity contribution in [2.45, 2.75) is 12.8 Å². The second-order valence-electron chi connectivity index (χ2n) is 4.96. The molecule has 3 aromatic rings. The van der Waals surface area contributed by atoms with Gasteiger partial charge in [0.25, 0.3) is 0 Å². The molecule has 0 amide bonds. The van der Waals surface area contributed by atoms with Gasteiger partial charge in [0.05, 0.1) is 17.6 Å². The highest BCUT2D eigenvalue weighted by Crippen LogP contribution is 2.26. The van der Waals surface area contributed by atoms with Gasteiger partial charge in [-0.1, -0.05) is 23.7 Å². The van der Waals surface area contributed by atoms with Crippen molar-refractivity contribution in [3.05, 3.63) is 52.5 Å². The molecule has 0 unspecified atom stereocenters. The van der Waals surface area contributed by atoms with Crippen LogP contribution in [0.5, 0.6) is 5.75 Å². The van der Waals surface area contributed by atoms with Crippen molar-refractivity contribution in [3.63, 3.8) is 0 Å². The average Bonchev–Trinajstić information content (AvgIpc) is 2.86. The number of aromatic nitrogens is 2. The number of hydrogen-bond acceptors (Lipinski definition) is 3. The van der Waals surface area contributed by atoms with Crippen LogP contribution in [0.15, 0.2) is 36.4 Å². The van der Waals surface area contributed by atoms with Gasteiger partial charge >= 0.3 is 0 Å². The van der Waals surface area contributed by atoms with Gasteiger partial charge in [-0.05, 0) is 48.2 Å². The number of halogens is 1. The predicted molar refractivity (Wildman–Crippen MR) is 85.9 cm³/mol. The van der Waals surface area contributed by atoms with Crippen molar-refractivity contribution in [2.75, 3.05) is 12.8 Å². The minimum Gasteiger partial charge on any atom is -0.495 e. The Morgan fingerprint density at radius 2 is 1.86 bits per heavy atom. The van der Waals surface area contributed by atoms with Crippen LogP contribution in [-0.4, -0.2) is 17.3 Å². The van der Waals surface area contributed by atoms with E-state index in [2.05, 4.69) is 22.3 Å². The quantitative estimate of drug-likeness (QED) is 0.774. The molecule has 0 spiro atoms. The molecule has 4 nitrogen and oxygen atoms in total. The SMILES string of the molecule is COc1ccc(CCc2ccc3[nH]nc(N)c3c2)cc1Cl. The fourth-order valence-corrected chi connectivity index (χ4v) is 2.67. The molecule has 0 atom stereocenters. The largest absolute Gasteiger partial charge is 0.495 e. The Morgan fingerprint density at radius 3 is 2.57 bits per heavy atom. The summed E-state index contributed by atoms with van der Waals surface area (Å²) in [7, 11) is 1.62. The van der Waals surface area contributed by atoms with E-state index in [1.807, 2.05) is 24.3 Å². The lowest BCUT2D eigenvalue weighted by Crippen LogP contribution is -1.93. The van der Waals surface area contributed by atoms with Gasteiger partial charge in [0.2, 0.25) is 0 Å². The molecule has 1 aromatic heterocycles. The smallest absolute Gasteiger partial charge is 0.153 e. The van der Waals surface area contributed by atoms with E-state index in [0.717, 1.165) is 23.7 Å². The Balaban J connectivity index is 1.76. The minimum absolute atomic E-state index is 0.541. The van der Waals surface area contributed by atoms with Crippen LogP contribution in [0.1, 0.15) is 11.1 Å². The van der Waals surface area contributed by atoms with Gasteiger partial charge in [-0.25, -0.2) is 0 Å². The van der Waals surface area contributed by atoms with Crippen molar-refractivity contribution in [1.82, 2.24) is 10.2 Å². The molecule has 0 aliphatic heterocycles. The number of hydrogen-bond donors (Lipinski definition) is 2. The zero-order valence-corrected chi connectivity index (χ0v) is 12.4. The summed E-state index contributed by atoms with van der Waals surface area (Å²) in [6, 6.07) is 12.1. The Bertz CT molecular complexity index is 782. The predicted octanol–water partition coefficient (Wildman–Crippen LogP) is 3.59. The molecule has 0 aliphatic rings. The first-order valence-corrected chi connectivity index (χ1v) is 7.10. The van der Waals surface area contributed by atoms with E-state index in [-0.39, 0.29) is 0 Å². The number of nitrogen functional groups attached to an aromatic ring is 1. The highest BCUT2D eigenvalue weighted by molar-refractivity contribution is 6.32. The maximum Gasteiger partial charge on any atom is 0.153 e. The van der Waals surface area contributed by atoms with Crippen LogP contribution in [0.3, 0.4) is 0 Å². The van der Waals surface area contributed by atoms with Crippen molar-refractivity contribution in [3.8, 4) is 5.75 Å². The normalized spacial score (nSPS) is 11.0. The summed E-state index contributed by atoms with van der Waals surface area (Å²) in [5.74, 6) is 1.24. The summed E-state index contributed by atoms with van der Waals surface area (Å²) in [6.45, 7) is 0. The molecule has 3 rings (SSSR count). The molecule has 21 heavy (non-hydrogen) atoms. The summed E-state index contributed by atoms with van der Waals surface area (Å²) < 4.78 is 5.16. The van der Waals surface area contributed by atoms with Gasteiger partial charge in [-0.3, -0.25) is 5.10 Å². The van der Waals surface area contributed by atoms with Crippen molar-refractivity contribution >= 4 is 28.3 Å². The van der Waals surface area contributed by atoms with Gasteiger partial charge in [-0.15, -0.1) is 0 Å². The van der Waals surface area contributed by atoms with Gasteiger partial charge in [-0.2, -0.15) is 5.10 Å². The lowest BCUT2D eigenvalue weighted by molar-refractivity contribution is 0.415. The molecule has 2 aromatic carbocycles. The summed E-state index contributed by atoms with van der Waals surface area (Å²) >= 11 is 6.14. The lowest BCUT2D eigenvalue weighted by atomic mass is 10.0. The minimum atomic E-state index is 0.541. The number of anilines is 1. The summed E-state index contributed by atoms with van der Waals surface area (Å²) in [6.07, 6.45) is 1.83. The number of fused-ring (bicyclic) bond motifs is 1. The van der Waals surface area contributed by atoms with E-state index >= 15 is 0 Å². The fourth-order valence-electron chi connectivity index (χ4n) is 2.39. The first kappa shape index (κ1) is 13.8. The first-order valence-electron chi connectivity index (χ1n) is 6.72. The number of benzene rings is 2. The van der Waals surface area contributed by atoms with E-state index in [4.69, 9.17) is 22.1 Å². The zero-order valence-electron chi connectivity index (χ0n) is 11.7. The number of aryl methyl sites for hydroxylation is 2. The standard InChI is InChI=1S/C16H16ClN3O/c1-21-15-7-5-11(9-13(15)17)3-2-10-4-6-14-12(8-10)16(18)20-19-14/h4-9H,2-3H2,1H3,(H3,18,19,20). The highest BCUT2D eigenvalue weighted by Gasteiger charge is 2.05. The third-order valence-corrected chi connectivity index (χ3v) is 3.87. The van der Waals surface area contributed by atoms with Crippen LogP contribution in [0, 0.1) is 0 Å². The number of methoxy groups -OCH3 is 1. The molecule has 0 aliphatic carbocycles. The Labute approximate surface area is 127 Å². The number of rotatable bonds is 4. The van der Waals surface area contributed by atoms with Crippen LogP contribution >= 0.6 is 11.6 Å². The van der Waals surface area contributed by atoms with Gasteiger partial charge < -0.3 is 10.5 Å². The topological polar surface area (TPSA) is 63.9 Å². The van der Waals surface area contributed by atoms with Crippen LogP contribution in [0.2, 0.25) is 5.02 Å². The van der Waals surface area contributed by atoms with E-state index in [0.29, 0.717) is 16.6 Å². The van der Waals surface area contributed by atoms with Crippen LogP contribution in [-0.2, 0) is 12.8 Å². The first-order chi connectivity index (χ1) is 10.2. The molecule has 3 N–H and O–H groups in total. The maximum atomic E-state index is 6.14. The van der Waals surface area contributed by atoms with E-state index in [9.17, 15) is 0 Å². The molecule has 1 heterocycles. The van der Waals surface area contributed by atoms with E-state index < -0.39 is 0 Å². The van der Waals surface area contributed by atoms with Gasteiger partial charge in [0.15, 0.2) is 5.82 Å². The number of H-pyrrole nitrogens is 1. The monoisotopic (exact) mass is 301 g/mol. The fraction of sp³-hybridized carbons (Fsp3) is 0.188. The third-order valence-electron chi connectivity index (χ3n) is 3.58. The Hall–Kier alpha value is -2.20. The number of aromatic amines is 1.